The van der Waals surface area contributed by atoms with E-state index in [9.17, 15) is 9.59 Å². The van der Waals surface area contributed by atoms with Crippen molar-refractivity contribution in [3.63, 3.8) is 0 Å². The molecule has 7 heteroatoms. The van der Waals surface area contributed by atoms with Crippen LogP contribution in [-0.4, -0.2) is 47.1 Å². The summed E-state index contributed by atoms with van der Waals surface area (Å²) in [6.45, 7) is 6.54. The average Bonchev–Trinajstić information content (AvgIpc) is 2.50. The first kappa shape index (κ1) is 16.7. The lowest BCUT2D eigenvalue weighted by atomic mass is 9.81. The number of carbonyl (C=O) groups excluding carboxylic acids is 2. The first-order chi connectivity index (χ1) is 11.4. The number of rotatable bonds is 4. The van der Waals surface area contributed by atoms with Gasteiger partial charge in [-0.1, -0.05) is 13.8 Å². The van der Waals surface area contributed by atoms with Gasteiger partial charge in [-0.25, -0.2) is 4.98 Å². The molecule has 2 aliphatic rings. The Hall–Kier alpha value is -2.15. The van der Waals surface area contributed by atoms with Crippen LogP contribution in [0.4, 0.5) is 0 Å². The summed E-state index contributed by atoms with van der Waals surface area (Å²) in [7, 11) is 0. The van der Waals surface area contributed by atoms with E-state index >= 15 is 0 Å². The molecule has 0 radical (unpaired) electrons. The number of hydrogen-bond donors (Lipinski definition) is 1. The maximum absolute atomic E-state index is 12.3. The molecule has 1 saturated heterocycles. The third-order valence-corrected chi connectivity index (χ3v) is 4.26. The predicted octanol–water partition coefficient (Wildman–Crippen LogP) is 1.33. The number of aromatic nitrogens is 1. The van der Waals surface area contributed by atoms with Crippen molar-refractivity contribution < 1.29 is 19.1 Å². The largest absolute Gasteiger partial charge is 0.484 e. The summed E-state index contributed by atoms with van der Waals surface area (Å²) in [5.41, 5.74) is -0.264. The molecule has 2 unspecified atom stereocenters. The summed E-state index contributed by atoms with van der Waals surface area (Å²) >= 11 is 0. The van der Waals surface area contributed by atoms with E-state index in [2.05, 4.69) is 10.3 Å². The van der Waals surface area contributed by atoms with Crippen molar-refractivity contribution in [3.8, 4) is 11.6 Å². The Bertz CT molecular complexity index is 626. The van der Waals surface area contributed by atoms with Crippen LogP contribution >= 0.6 is 0 Å². The zero-order valence-electron chi connectivity index (χ0n) is 14.2. The number of ether oxygens (including phenoxy) is 2. The SMILES string of the molecule is CC(NCC1COc2cccnc2O1)N1C(=O)CC(C)(C)CC1=O. The number of likely N-dealkylation sites (tertiary alicyclic amines) is 1. The summed E-state index contributed by atoms with van der Waals surface area (Å²) in [5.74, 6) is 0.827. The Morgan fingerprint density at radius 1 is 1.38 bits per heavy atom. The molecular weight excluding hydrogens is 310 g/mol. The number of nitrogens with zero attached hydrogens (tertiary/aromatic N) is 2. The smallest absolute Gasteiger partial charge is 0.257 e. The lowest BCUT2D eigenvalue weighted by Crippen LogP contribution is -2.56. The van der Waals surface area contributed by atoms with Crippen molar-refractivity contribution in [2.45, 2.75) is 45.9 Å². The van der Waals surface area contributed by atoms with Gasteiger partial charge in [0, 0.05) is 25.6 Å². The molecule has 24 heavy (non-hydrogen) atoms. The van der Waals surface area contributed by atoms with Crippen molar-refractivity contribution in [2.24, 2.45) is 5.41 Å². The van der Waals surface area contributed by atoms with E-state index in [1.165, 1.54) is 4.90 Å². The van der Waals surface area contributed by atoms with Crippen molar-refractivity contribution >= 4 is 11.8 Å². The lowest BCUT2D eigenvalue weighted by molar-refractivity contribution is -0.155. The molecule has 0 bridgehead atoms. The summed E-state index contributed by atoms with van der Waals surface area (Å²) in [6.07, 6.45) is 1.81. The summed E-state index contributed by atoms with van der Waals surface area (Å²) in [6, 6.07) is 3.60. The van der Waals surface area contributed by atoms with Gasteiger partial charge in [-0.05, 0) is 24.5 Å². The molecule has 130 valence electrons. The molecule has 1 N–H and O–H groups in total. The third-order valence-electron chi connectivity index (χ3n) is 4.26. The molecule has 0 aliphatic carbocycles. The maximum Gasteiger partial charge on any atom is 0.257 e. The minimum absolute atomic E-state index is 0.135. The van der Waals surface area contributed by atoms with Gasteiger partial charge in [-0.15, -0.1) is 0 Å². The van der Waals surface area contributed by atoms with Crippen LogP contribution in [0.1, 0.15) is 33.6 Å². The van der Waals surface area contributed by atoms with Crippen LogP contribution in [0.3, 0.4) is 0 Å². The van der Waals surface area contributed by atoms with Gasteiger partial charge in [0.25, 0.3) is 5.88 Å². The van der Waals surface area contributed by atoms with Crippen LogP contribution in [0.2, 0.25) is 0 Å². The highest BCUT2D eigenvalue weighted by atomic mass is 16.6. The Balaban J connectivity index is 1.56. The number of carbonyl (C=O) groups is 2. The monoisotopic (exact) mass is 333 g/mol. The number of fused-ring (bicyclic) bond motifs is 1. The van der Waals surface area contributed by atoms with Gasteiger partial charge in [-0.2, -0.15) is 0 Å². The third kappa shape index (κ3) is 3.51. The normalized spacial score (nSPS) is 24.0. The summed E-state index contributed by atoms with van der Waals surface area (Å²) < 4.78 is 11.4. The van der Waals surface area contributed by atoms with Crippen molar-refractivity contribution in [1.29, 1.82) is 0 Å². The molecule has 0 spiro atoms. The van der Waals surface area contributed by atoms with Crippen molar-refractivity contribution in [2.75, 3.05) is 13.2 Å². The fraction of sp³-hybridized carbons (Fsp3) is 0.588. The standard InChI is InChI=1S/C17H23N3O4/c1-11(20-14(21)7-17(2,3)8-15(20)22)19-9-12-10-23-13-5-4-6-18-16(13)24-12/h4-6,11-12,19H,7-10H2,1-3H3. The van der Waals surface area contributed by atoms with Gasteiger partial charge in [0.05, 0.1) is 6.17 Å². The van der Waals surface area contributed by atoms with Gasteiger partial charge in [0.2, 0.25) is 11.8 Å². The van der Waals surface area contributed by atoms with E-state index in [0.717, 1.165) is 0 Å². The van der Waals surface area contributed by atoms with Crippen LogP contribution < -0.4 is 14.8 Å². The number of hydrogen-bond acceptors (Lipinski definition) is 6. The van der Waals surface area contributed by atoms with Gasteiger partial charge >= 0.3 is 0 Å². The fourth-order valence-corrected chi connectivity index (χ4v) is 3.07. The minimum Gasteiger partial charge on any atom is -0.484 e. The highest BCUT2D eigenvalue weighted by molar-refractivity contribution is 5.98. The molecule has 0 saturated carbocycles. The molecule has 2 amide bonds. The van der Waals surface area contributed by atoms with E-state index in [1.807, 2.05) is 20.8 Å². The van der Waals surface area contributed by atoms with E-state index < -0.39 is 0 Å². The topological polar surface area (TPSA) is 80.8 Å². The van der Waals surface area contributed by atoms with E-state index in [4.69, 9.17) is 9.47 Å². The molecule has 2 atom stereocenters. The number of imide groups is 1. The zero-order valence-corrected chi connectivity index (χ0v) is 14.2. The van der Waals surface area contributed by atoms with Crippen LogP contribution in [0.25, 0.3) is 0 Å². The van der Waals surface area contributed by atoms with Crippen LogP contribution in [0, 0.1) is 5.41 Å². The molecule has 1 aromatic heterocycles. The number of pyridine rings is 1. The molecule has 3 heterocycles. The van der Waals surface area contributed by atoms with E-state index in [-0.39, 0.29) is 29.5 Å². The Kier molecular flexibility index (Phi) is 4.45. The second-order valence-electron chi connectivity index (χ2n) is 7.12. The van der Waals surface area contributed by atoms with Crippen LogP contribution in [0.15, 0.2) is 18.3 Å². The highest BCUT2D eigenvalue weighted by Crippen LogP contribution is 2.32. The van der Waals surface area contributed by atoms with Crippen molar-refractivity contribution in [3.05, 3.63) is 18.3 Å². The minimum atomic E-state index is -0.380. The zero-order chi connectivity index (χ0) is 17.3. The van der Waals surface area contributed by atoms with Crippen LogP contribution in [-0.2, 0) is 9.59 Å². The Morgan fingerprint density at radius 3 is 2.79 bits per heavy atom. The molecule has 1 fully saturated rings. The van der Waals surface area contributed by atoms with Gasteiger partial charge in [-0.3, -0.25) is 19.8 Å². The van der Waals surface area contributed by atoms with Crippen molar-refractivity contribution in [1.82, 2.24) is 15.2 Å². The summed E-state index contributed by atoms with van der Waals surface area (Å²) in [5, 5.41) is 3.19. The first-order valence-electron chi connectivity index (χ1n) is 8.18. The quantitative estimate of drug-likeness (QED) is 0.838. The van der Waals surface area contributed by atoms with Gasteiger partial charge in [0.1, 0.15) is 12.7 Å². The molecule has 1 aromatic rings. The predicted molar refractivity (Wildman–Crippen MR) is 86.5 cm³/mol. The number of piperidine rings is 1. The number of nitrogens with one attached hydrogen (secondary N) is 1. The lowest BCUT2D eigenvalue weighted by Gasteiger charge is -2.38. The van der Waals surface area contributed by atoms with E-state index in [0.29, 0.717) is 37.6 Å². The highest BCUT2D eigenvalue weighted by Gasteiger charge is 2.39. The van der Waals surface area contributed by atoms with E-state index in [1.54, 1.807) is 18.3 Å². The van der Waals surface area contributed by atoms with Gasteiger partial charge in [0.15, 0.2) is 5.75 Å². The van der Waals surface area contributed by atoms with Crippen LogP contribution in [0.5, 0.6) is 11.6 Å². The second kappa shape index (κ2) is 6.39. The molecule has 3 rings (SSSR count). The molecule has 2 aliphatic heterocycles. The second-order valence-corrected chi connectivity index (χ2v) is 7.12. The summed E-state index contributed by atoms with van der Waals surface area (Å²) in [4.78, 5) is 30.0. The Morgan fingerprint density at radius 2 is 2.08 bits per heavy atom. The fourth-order valence-electron chi connectivity index (χ4n) is 3.07. The molecular formula is C17H23N3O4. The first-order valence-corrected chi connectivity index (χ1v) is 8.18. The number of amides is 2. The molecule has 0 aromatic carbocycles. The van der Waals surface area contributed by atoms with Gasteiger partial charge < -0.3 is 9.47 Å². The maximum atomic E-state index is 12.3. The molecule has 7 nitrogen and oxygen atoms in total. The Labute approximate surface area is 141 Å². The average molecular weight is 333 g/mol.